The number of hydrogen-bond donors (Lipinski definition) is 0. The van der Waals surface area contributed by atoms with E-state index in [1.807, 2.05) is 0 Å². The van der Waals surface area contributed by atoms with Crippen molar-refractivity contribution in [3.05, 3.63) is 52.1 Å². The molecule has 2 aromatic rings. The van der Waals surface area contributed by atoms with Gasteiger partial charge in [-0.2, -0.15) is 15.2 Å². The van der Waals surface area contributed by atoms with Crippen molar-refractivity contribution in [3.8, 4) is 0 Å². The Balaban J connectivity index is 1.96. The molecule has 0 aliphatic heterocycles. The minimum absolute atomic E-state index is 0.0261. The zero-order chi connectivity index (χ0) is 24.3. The van der Waals surface area contributed by atoms with Crippen LogP contribution in [-0.2, 0) is 16.0 Å². The normalized spacial score (nSPS) is 17.8. The first kappa shape index (κ1) is 24.6. The lowest BCUT2D eigenvalue weighted by molar-refractivity contribution is 0.0225. The monoisotopic (exact) mass is 482 g/mol. The van der Waals surface area contributed by atoms with Gasteiger partial charge in [-0.3, -0.25) is 0 Å². The van der Waals surface area contributed by atoms with Crippen LogP contribution in [0.5, 0.6) is 0 Å². The first-order chi connectivity index (χ1) is 15.5. The van der Waals surface area contributed by atoms with Gasteiger partial charge in [-0.1, -0.05) is 29.8 Å². The molecular weight excluding hydrogens is 458 g/mol. The summed E-state index contributed by atoms with van der Waals surface area (Å²) in [6, 6.07) is 5.28. The van der Waals surface area contributed by atoms with E-state index >= 15 is 0 Å². The van der Waals surface area contributed by atoms with Crippen LogP contribution in [0.4, 0.5) is 13.6 Å². The van der Waals surface area contributed by atoms with E-state index in [2.05, 4.69) is 10.2 Å². The van der Waals surface area contributed by atoms with Crippen molar-refractivity contribution in [2.75, 3.05) is 6.61 Å². The minimum Gasteiger partial charge on any atom is -0.461 e. The van der Waals surface area contributed by atoms with E-state index in [1.54, 1.807) is 45.9 Å². The first-order valence-corrected chi connectivity index (χ1v) is 10.8. The Morgan fingerprint density at radius 1 is 1.36 bits per heavy atom. The molecule has 33 heavy (non-hydrogen) atoms. The predicted molar refractivity (Wildman–Crippen MR) is 118 cm³/mol. The SMILES string of the molecule is CCOC(=O)c1nn(Cc2ccccc2F)c(Cl)c1C=NN(C(=O)OC(C)(C)C)[C@H]1C[C@@H]1F. The van der Waals surface area contributed by atoms with Gasteiger partial charge in [-0.25, -0.2) is 23.1 Å². The van der Waals surface area contributed by atoms with Crippen LogP contribution in [0.2, 0.25) is 5.15 Å². The van der Waals surface area contributed by atoms with Crippen LogP contribution < -0.4 is 0 Å². The second kappa shape index (κ2) is 9.86. The maximum absolute atomic E-state index is 14.1. The van der Waals surface area contributed by atoms with Gasteiger partial charge in [-0.15, -0.1) is 0 Å². The highest BCUT2D eigenvalue weighted by atomic mass is 35.5. The van der Waals surface area contributed by atoms with Crippen molar-refractivity contribution in [1.29, 1.82) is 0 Å². The number of halogens is 3. The molecule has 1 aromatic carbocycles. The van der Waals surface area contributed by atoms with Crippen molar-refractivity contribution in [3.63, 3.8) is 0 Å². The van der Waals surface area contributed by atoms with Crippen LogP contribution in [0.1, 0.15) is 55.7 Å². The Morgan fingerprint density at radius 3 is 2.61 bits per heavy atom. The molecule has 178 valence electrons. The molecule has 1 aliphatic rings. The summed E-state index contributed by atoms with van der Waals surface area (Å²) in [5.41, 5.74) is -0.631. The Bertz CT molecular complexity index is 1070. The highest BCUT2D eigenvalue weighted by Crippen LogP contribution is 2.33. The van der Waals surface area contributed by atoms with Gasteiger partial charge < -0.3 is 9.47 Å². The second-order valence-corrected chi connectivity index (χ2v) is 8.77. The summed E-state index contributed by atoms with van der Waals surface area (Å²) in [7, 11) is 0. The van der Waals surface area contributed by atoms with Gasteiger partial charge in [0.2, 0.25) is 0 Å². The fourth-order valence-electron chi connectivity index (χ4n) is 2.91. The largest absolute Gasteiger partial charge is 0.461 e. The molecule has 0 radical (unpaired) electrons. The Labute approximate surface area is 195 Å². The molecule has 0 N–H and O–H groups in total. The lowest BCUT2D eigenvalue weighted by atomic mass is 10.2. The number of alkyl halides is 1. The molecule has 1 heterocycles. The number of benzene rings is 1. The molecule has 0 unspecified atom stereocenters. The fraction of sp³-hybridized carbons (Fsp3) is 0.455. The maximum Gasteiger partial charge on any atom is 0.431 e. The lowest BCUT2D eigenvalue weighted by Gasteiger charge is -2.24. The summed E-state index contributed by atoms with van der Waals surface area (Å²) >= 11 is 6.44. The standard InChI is InChI=1S/C22H25ClF2N4O4/c1-5-32-20(30)18-14(19(23)28(27-18)12-13-8-6-7-9-15(13)24)11-26-29(17-10-16(17)25)21(31)33-22(2,3)4/h6-9,11,16-17H,5,10,12H2,1-4H3/t16-,17-/m0/s1. The zero-order valence-electron chi connectivity index (χ0n) is 18.7. The fourth-order valence-corrected chi connectivity index (χ4v) is 3.15. The highest BCUT2D eigenvalue weighted by Gasteiger charge is 2.46. The third-order valence-electron chi connectivity index (χ3n) is 4.56. The van der Waals surface area contributed by atoms with Gasteiger partial charge in [0.05, 0.1) is 31.0 Å². The van der Waals surface area contributed by atoms with Gasteiger partial charge in [0.15, 0.2) is 5.69 Å². The van der Waals surface area contributed by atoms with Crippen LogP contribution in [0.3, 0.4) is 0 Å². The van der Waals surface area contributed by atoms with Crippen LogP contribution in [0, 0.1) is 5.82 Å². The smallest absolute Gasteiger partial charge is 0.431 e. The molecule has 1 amide bonds. The van der Waals surface area contributed by atoms with Crippen LogP contribution in [-0.4, -0.2) is 57.5 Å². The Kier molecular flexibility index (Phi) is 7.36. The van der Waals surface area contributed by atoms with Crippen LogP contribution in [0.15, 0.2) is 29.4 Å². The molecule has 11 heteroatoms. The second-order valence-electron chi connectivity index (χ2n) is 8.41. The summed E-state index contributed by atoms with van der Waals surface area (Å²) in [6.45, 7) is 6.68. The van der Waals surface area contributed by atoms with E-state index < -0.39 is 35.7 Å². The summed E-state index contributed by atoms with van der Waals surface area (Å²) < 4.78 is 39.4. The number of carbonyl (C=O) groups excluding carboxylic acids is 2. The molecule has 2 atom stereocenters. The maximum atomic E-state index is 14.1. The number of hydrogen-bond acceptors (Lipinski definition) is 6. The quantitative estimate of drug-likeness (QED) is 0.327. The third-order valence-corrected chi connectivity index (χ3v) is 4.96. The molecule has 1 saturated carbocycles. The van der Waals surface area contributed by atoms with Gasteiger partial charge in [0.1, 0.15) is 22.7 Å². The number of carbonyl (C=O) groups is 2. The number of hydrazone groups is 1. The van der Waals surface area contributed by atoms with Crippen molar-refractivity contribution < 1.29 is 27.8 Å². The summed E-state index contributed by atoms with van der Waals surface area (Å²) in [6.07, 6.45) is -0.828. The van der Waals surface area contributed by atoms with E-state index in [0.717, 1.165) is 11.2 Å². The molecule has 1 fully saturated rings. The number of ether oxygens (including phenoxy) is 2. The van der Waals surface area contributed by atoms with Crippen LogP contribution in [0.25, 0.3) is 0 Å². The van der Waals surface area contributed by atoms with E-state index in [4.69, 9.17) is 21.1 Å². The summed E-state index contributed by atoms with van der Waals surface area (Å²) in [5, 5.41) is 9.09. The molecule has 1 aromatic heterocycles. The van der Waals surface area contributed by atoms with E-state index in [1.165, 1.54) is 10.7 Å². The average Bonchev–Trinajstić information content (AvgIpc) is 3.35. The predicted octanol–water partition coefficient (Wildman–Crippen LogP) is 4.58. The summed E-state index contributed by atoms with van der Waals surface area (Å²) in [4.78, 5) is 25.0. The number of amides is 1. The molecule has 0 bridgehead atoms. The number of aromatic nitrogens is 2. The lowest BCUT2D eigenvalue weighted by Crippen LogP contribution is -2.36. The zero-order valence-corrected chi connectivity index (χ0v) is 19.5. The Morgan fingerprint density at radius 2 is 2.03 bits per heavy atom. The van der Waals surface area contributed by atoms with Crippen molar-refractivity contribution in [2.24, 2.45) is 5.10 Å². The molecule has 0 spiro atoms. The van der Waals surface area contributed by atoms with Crippen LogP contribution >= 0.6 is 11.6 Å². The molecule has 3 rings (SSSR count). The number of rotatable bonds is 7. The van der Waals surface area contributed by atoms with Gasteiger partial charge in [0.25, 0.3) is 0 Å². The molecule has 8 nitrogen and oxygen atoms in total. The van der Waals surface area contributed by atoms with Gasteiger partial charge in [0, 0.05) is 12.0 Å². The molecular formula is C22H25ClF2N4O4. The molecule has 1 aliphatic carbocycles. The average molecular weight is 483 g/mol. The summed E-state index contributed by atoms with van der Waals surface area (Å²) in [5.74, 6) is -1.23. The first-order valence-electron chi connectivity index (χ1n) is 10.4. The number of esters is 1. The Hall–Kier alpha value is -3.01. The van der Waals surface area contributed by atoms with Gasteiger partial charge >= 0.3 is 12.1 Å². The van der Waals surface area contributed by atoms with E-state index in [0.29, 0.717) is 5.56 Å². The van der Waals surface area contributed by atoms with Gasteiger partial charge in [-0.05, 0) is 33.8 Å². The van der Waals surface area contributed by atoms with Crippen molar-refractivity contribution in [2.45, 2.75) is 58.5 Å². The van der Waals surface area contributed by atoms with Crippen molar-refractivity contribution in [1.82, 2.24) is 14.8 Å². The van der Waals surface area contributed by atoms with E-state index in [9.17, 15) is 18.4 Å². The topological polar surface area (TPSA) is 86.0 Å². The highest BCUT2D eigenvalue weighted by molar-refractivity contribution is 6.32. The number of nitrogens with zero attached hydrogens (tertiary/aromatic N) is 4. The minimum atomic E-state index is -1.24. The third kappa shape index (κ3) is 6.07. The van der Waals surface area contributed by atoms with E-state index in [-0.39, 0.29) is 36.0 Å². The molecule has 0 saturated heterocycles. The van der Waals surface area contributed by atoms with Crippen molar-refractivity contribution >= 4 is 29.9 Å².